The number of hydrogen-bond donors (Lipinski definition) is 0. The smallest absolute Gasteiger partial charge is 0.228 e. The molecular formula is C18H24Cl2N2O. The summed E-state index contributed by atoms with van der Waals surface area (Å²) >= 11 is 11.9. The lowest BCUT2D eigenvalue weighted by Crippen LogP contribution is -2.50. The standard InChI is InChI=1S/C18H24Cl2N2O/c19-11-10-18(23)22(15-8-6-14(20)7-9-15)17-5-3-4-16(17)21-12-1-2-13-21/h6-9,16-17H,1-5,10-13H2. The zero-order valence-electron chi connectivity index (χ0n) is 13.4. The summed E-state index contributed by atoms with van der Waals surface area (Å²) in [6.45, 7) is 2.33. The molecule has 0 spiro atoms. The van der Waals surface area contributed by atoms with E-state index >= 15 is 0 Å². The van der Waals surface area contributed by atoms with Crippen LogP contribution < -0.4 is 4.90 Å². The summed E-state index contributed by atoms with van der Waals surface area (Å²) in [6.07, 6.45) is 6.37. The number of nitrogens with zero attached hydrogens (tertiary/aromatic N) is 2. The summed E-state index contributed by atoms with van der Waals surface area (Å²) in [4.78, 5) is 17.3. The van der Waals surface area contributed by atoms with E-state index in [1.807, 2.05) is 29.2 Å². The first kappa shape index (κ1) is 17.1. The quantitative estimate of drug-likeness (QED) is 0.735. The maximum atomic E-state index is 12.8. The number of likely N-dealkylation sites (tertiary alicyclic amines) is 1. The van der Waals surface area contributed by atoms with Gasteiger partial charge in [0, 0.05) is 29.1 Å². The molecule has 0 aromatic heterocycles. The van der Waals surface area contributed by atoms with Gasteiger partial charge in [0.15, 0.2) is 0 Å². The van der Waals surface area contributed by atoms with Crippen molar-refractivity contribution in [3.05, 3.63) is 29.3 Å². The number of anilines is 1. The molecule has 0 N–H and O–H groups in total. The Morgan fingerprint density at radius 2 is 1.83 bits per heavy atom. The van der Waals surface area contributed by atoms with Crippen molar-refractivity contribution in [1.82, 2.24) is 4.90 Å². The molecule has 2 unspecified atom stereocenters. The number of alkyl halides is 1. The lowest BCUT2D eigenvalue weighted by molar-refractivity contribution is -0.118. The lowest BCUT2D eigenvalue weighted by Gasteiger charge is -2.37. The number of rotatable bonds is 5. The van der Waals surface area contributed by atoms with Crippen molar-refractivity contribution >= 4 is 34.8 Å². The zero-order valence-corrected chi connectivity index (χ0v) is 14.9. The molecule has 0 bridgehead atoms. The molecule has 1 aliphatic carbocycles. The summed E-state index contributed by atoms with van der Waals surface area (Å²) in [7, 11) is 0. The Kier molecular flexibility index (Phi) is 5.84. The molecular weight excluding hydrogens is 331 g/mol. The largest absolute Gasteiger partial charge is 0.308 e. The molecule has 23 heavy (non-hydrogen) atoms. The fourth-order valence-corrected chi connectivity index (χ4v) is 4.33. The van der Waals surface area contributed by atoms with Gasteiger partial charge in [-0.15, -0.1) is 11.6 Å². The van der Waals surface area contributed by atoms with E-state index in [4.69, 9.17) is 23.2 Å². The fourth-order valence-electron chi connectivity index (χ4n) is 4.04. The SMILES string of the molecule is O=C(CCCl)N(c1ccc(Cl)cc1)C1CCCC1N1CCCC1. The van der Waals surface area contributed by atoms with E-state index in [9.17, 15) is 4.79 Å². The van der Waals surface area contributed by atoms with Crippen LogP contribution in [0.3, 0.4) is 0 Å². The molecule has 1 saturated heterocycles. The Labute approximate surface area is 148 Å². The number of amides is 1. The summed E-state index contributed by atoms with van der Waals surface area (Å²) in [5, 5.41) is 0.695. The van der Waals surface area contributed by atoms with Gasteiger partial charge in [-0.1, -0.05) is 11.6 Å². The third kappa shape index (κ3) is 3.84. The molecule has 1 amide bonds. The molecule has 5 heteroatoms. The summed E-state index contributed by atoms with van der Waals surface area (Å²) in [6, 6.07) is 8.36. The average Bonchev–Trinajstić information content (AvgIpc) is 3.20. The number of carbonyl (C=O) groups excluding carboxylic acids is 1. The fraction of sp³-hybridized carbons (Fsp3) is 0.611. The van der Waals surface area contributed by atoms with Gasteiger partial charge in [0.1, 0.15) is 0 Å². The second kappa shape index (κ2) is 7.87. The normalized spacial score (nSPS) is 25.0. The molecule has 2 atom stereocenters. The number of halogens is 2. The molecule has 2 fully saturated rings. The predicted octanol–water partition coefficient (Wildman–Crippen LogP) is 4.32. The Balaban J connectivity index is 1.87. The van der Waals surface area contributed by atoms with Gasteiger partial charge in [-0.3, -0.25) is 9.69 Å². The van der Waals surface area contributed by atoms with Crippen LogP contribution in [0.5, 0.6) is 0 Å². The predicted molar refractivity (Wildman–Crippen MR) is 96.5 cm³/mol. The maximum Gasteiger partial charge on any atom is 0.228 e. The van der Waals surface area contributed by atoms with Crippen LogP contribution in [0, 0.1) is 0 Å². The van der Waals surface area contributed by atoms with Crippen LogP contribution in [0.15, 0.2) is 24.3 Å². The van der Waals surface area contributed by atoms with E-state index in [1.54, 1.807) is 0 Å². The lowest BCUT2D eigenvalue weighted by atomic mass is 10.1. The molecule has 1 heterocycles. The second-order valence-corrected chi connectivity index (χ2v) is 7.30. The van der Waals surface area contributed by atoms with Crippen molar-refractivity contribution in [2.24, 2.45) is 0 Å². The van der Waals surface area contributed by atoms with Gasteiger partial charge in [0.25, 0.3) is 0 Å². The first-order valence-electron chi connectivity index (χ1n) is 8.58. The van der Waals surface area contributed by atoms with Gasteiger partial charge in [-0.2, -0.15) is 0 Å². The Hall–Kier alpha value is -0.770. The number of carbonyl (C=O) groups is 1. The Morgan fingerprint density at radius 1 is 1.13 bits per heavy atom. The minimum Gasteiger partial charge on any atom is -0.308 e. The van der Waals surface area contributed by atoms with E-state index in [-0.39, 0.29) is 11.9 Å². The topological polar surface area (TPSA) is 23.6 Å². The van der Waals surface area contributed by atoms with E-state index in [0.717, 1.165) is 12.1 Å². The zero-order chi connectivity index (χ0) is 16.2. The molecule has 1 aromatic rings. The van der Waals surface area contributed by atoms with E-state index in [2.05, 4.69) is 4.90 Å². The molecule has 2 aliphatic rings. The van der Waals surface area contributed by atoms with Crippen LogP contribution in [0.1, 0.15) is 38.5 Å². The third-order valence-corrected chi connectivity index (χ3v) is 5.51. The molecule has 1 aromatic carbocycles. The van der Waals surface area contributed by atoms with Crippen LogP contribution in [0.25, 0.3) is 0 Å². The first-order valence-corrected chi connectivity index (χ1v) is 9.49. The van der Waals surface area contributed by atoms with Crippen LogP contribution in [-0.4, -0.2) is 41.9 Å². The van der Waals surface area contributed by atoms with Gasteiger partial charge >= 0.3 is 0 Å². The molecule has 3 nitrogen and oxygen atoms in total. The van der Waals surface area contributed by atoms with E-state index < -0.39 is 0 Å². The summed E-state index contributed by atoms with van der Waals surface area (Å²) in [5.74, 6) is 0.489. The van der Waals surface area contributed by atoms with Gasteiger partial charge in [-0.05, 0) is 69.5 Å². The summed E-state index contributed by atoms with van der Waals surface area (Å²) < 4.78 is 0. The number of hydrogen-bond acceptors (Lipinski definition) is 2. The highest BCUT2D eigenvalue weighted by Crippen LogP contribution is 2.34. The highest BCUT2D eigenvalue weighted by atomic mass is 35.5. The van der Waals surface area contributed by atoms with Crippen LogP contribution in [0.4, 0.5) is 5.69 Å². The van der Waals surface area contributed by atoms with E-state index in [1.165, 1.54) is 38.8 Å². The minimum absolute atomic E-state index is 0.124. The van der Waals surface area contributed by atoms with Crippen molar-refractivity contribution in [3.8, 4) is 0 Å². The first-order chi connectivity index (χ1) is 11.2. The molecule has 3 rings (SSSR count). The van der Waals surface area contributed by atoms with Crippen LogP contribution in [0.2, 0.25) is 5.02 Å². The Morgan fingerprint density at radius 3 is 2.48 bits per heavy atom. The van der Waals surface area contributed by atoms with Crippen molar-refractivity contribution in [3.63, 3.8) is 0 Å². The van der Waals surface area contributed by atoms with Gasteiger partial charge in [0.2, 0.25) is 5.91 Å². The van der Waals surface area contributed by atoms with Crippen LogP contribution >= 0.6 is 23.2 Å². The molecule has 126 valence electrons. The van der Waals surface area contributed by atoms with Crippen LogP contribution in [-0.2, 0) is 4.79 Å². The van der Waals surface area contributed by atoms with Crippen molar-refractivity contribution < 1.29 is 4.79 Å². The van der Waals surface area contributed by atoms with Crippen molar-refractivity contribution in [2.75, 3.05) is 23.9 Å². The molecule has 0 radical (unpaired) electrons. The average molecular weight is 355 g/mol. The maximum absolute atomic E-state index is 12.8. The van der Waals surface area contributed by atoms with Gasteiger partial charge in [-0.25, -0.2) is 0 Å². The van der Waals surface area contributed by atoms with Crippen molar-refractivity contribution in [1.29, 1.82) is 0 Å². The van der Waals surface area contributed by atoms with Gasteiger partial charge < -0.3 is 4.90 Å². The second-order valence-electron chi connectivity index (χ2n) is 6.49. The van der Waals surface area contributed by atoms with Crippen molar-refractivity contribution in [2.45, 2.75) is 50.6 Å². The van der Waals surface area contributed by atoms with E-state index in [0.29, 0.717) is 23.4 Å². The third-order valence-electron chi connectivity index (χ3n) is 5.07. The summed E-state index contributed by atoms with van der Waals surface area (Å²) in [5.41, 5.74) is 0.945. The highest BCUT2D eigenvalue weighted by Gasteiger charge is 2.39. The monoisotopic (exact) mass is 354 g/mol. The van der Waals surface area contributed by atoms with Gasteiger partial charge in [0.05, 0.1) is 6.04 Å². The number of benzene rings is 1. The minimum atomic E-state index is 0.124. The molecule has 1 saturated carbocycles. The Bertz CT molecular complexity index is 528. The molecule has 1 aliphatic heterocycles. The highest BCUT2D eigenvalue weighted by molar-refractivity contribution is 6.30.